The van der Waals surface area contributed by atoms with E-state index in [-0.39, 0.29) is 18.6 Å². The molecule has 0 aromatic carbocycles. The van der Waals surface area contributed by atoms with E-state index in [1.54, 1.807) is 6.92 Å². The summed E-state index contributed by atoms with van der Waals surface area (Å²) in [5.41, 5.74) is 5.63. The fourth-order valence-corrected chi connectivity index (χ4v) is 1.01. The van der Waals surface area contributed by atoms with Crippen LogP contribution in [0.25, 0.3) is 0 Å². The maximum absolute atomic E-state index is 11.3. The molecule has 0 spiro atoms. The molecule has 0 unspecified atom stereocenters. The van der Waals surface area contributed by atoms with E-state index in [2.05, 4.69) is 5.32 Å². The Kier molecular flexibility index (Phi) is 5.66. The summed E-state index contributed by atoms with van der Waals surface area (Å²) in [7, 11) is 0. The van der Waals surface area contributed by atoms with Crippen molar-refractivity contribution in [2.24, 2.45) is 11.7 Å². The molecule has 0 saturated heterocycles. The number of hydrogen-bond donors (Lipinski definition) is 3. The molecule has 0 radical (unpaired) electrons. The molecule has 1 amide bonds. The van der Waals surface area contributed by atoms with Gasteiger partial charge in [0.05, 0.1) is 12.6 Å². The summed E-state index contributed by atoms with van der Waals surface area (Å²) in [4.78, 5) is 11.3. The van der Waals surface area contributed by atoms with Crippen molar-refractivity contribution in [1.29, 1.82) is 0 Å². The third-order valence-corrected chi connectivity index (χ3v) is 1.72. The molecule has 0 fully saturated rings. The average molecular weight is 188 g/mol. The smallest absolute Gasteiger partial charge is 0.237 e. The third-order valence-electron chi connectivity index (χ3n) is 1.72. The van der Waals surface area contributed by atoms with Crippen LogP contribution in [-0.4, -0.2) is 29.7 Å². The standard InChI is InChI=1S/C9H20N2O2/c1-6(2)4-8(10)9(13)11-7(3)5-12/h6-8,12H,4-5,10H2,1-3H3,(H,11,13)/t7-,8+/m0/s1. The second kappa shape index (κ2) is 5.94. The van der Waals surface area contributed by atoms with E-state index in [9.17, 15) is 4.79 Å². The maximum atomic E-state index is 11.3. The lowest BCUT2D eigenvalue weighted by atomic mass is 10.0. The number of aliphatic hydroxyl groups is 1. The molecule has 78 valence electrons. The van der Waals surface area contributed by atoms with Gasteiger partial charge >= 0.3 is 0 Å². The number of rotatable bonds is 5. The molecule has 13 heavy (non-hydrogen) atoms. The summed E-state index contributed by atoms with van der Waals surface area (Å²) in [5.74, 6) is 0.223. The van der Waals surface area contributed by atoms with Gasteiger partial charge in [0.15, 0.2) is 0 Å². The van der Waals surface area contributed by atoms with Crippen LogP contribution < -0.4 is 11.1 Å². The zero-order chi connectivity index (χ0) is 10.4. The van der Waals surface area contributed by atoms with Gasteiger partial charge in [-0.25, -0.2) is 0 Å². The molecule has 0 heterocycles. The predicted molar refractivity (Wildman–Crippen MR) is 52.1 cm³/mol. The highest BCUT2D eigenvalue weighted by atomic mass is 16.3. The number of hydrogen-bond acceptors (Lipinski definition) is 3. The Balaban J connectivity index is 3.82. The van der Waals surface area contributed by atoms with Gasteiger partial charge in [0.2, 0.25) is 5.91 Å². The lowest BCUT2D eigenvalue weighted by Gasteiger charge is -2.16. The van der Waals surface area contributed by atoms with Crippen molar-refractivity contribution in [3.05, 3.63) is 0 Å². The molecule has 4 heteroatoms. The van der Waals surface area contributed by atoms with Gasteiger partial charge in [0.1, 0.15) is 0 Å². The highest BCUT2D eigenvalue weighted by molar-refractivity contribution is 5.81. The quantitative estimate of drug-likeness (QED) is 0.562. The molecule has 0 aliphatic heterocycles. The first-order valence-corrected chi connectivity index (χ1v) is 4.64. The Bertz CT molecular complexity index is 160. The second-order valence-corrected chi connectivity index (χ2v) is 3.83. The fraction of sp³-hybridized carbons (Fsp3) is 0.889. The topological polar surface area (TPSA) is 75.4 Å². The van der Waals surface area contributed by atoms with Crippen LogP contribution in [-0.2, 0) is 4.79 Å². The van der Waals surface area contributed by atoms with Crippen LogP contribution in [0.3, 0.4) is 0 Å². The highest BCUT2D eigenvalue weighted by Gasteiger charge is 2.16. The van der Waals surface area contributed by atoms with E-state index < -0.39 is 6.04 Å². The molecule has 0 rings (SSSR count). The van der Waals surface area contributed by atoms with Gasteiger partial charge in [-0.3, -0.25) is 4.79 Å². The van der Waals surface area contributed by atoms with Crippen molar-refractivity contribution in [1.82, 2.24) is 5.32 Å². The van der Waals surface area contributed by atoms with Gasteiger partial charge < -0.3 is 16.2 Å². The Morgan fingerprint density at radius 2 is 2.00 bits per heavy atom. The molecule has 0 aliphatic rings. The molecule has 0 bridgehead atoms. The minimum atomic E-state index is -0.464. The van der Waals surface area contributed by atoms with Gasteiger partial charge in [-0.2, -0.15) is 0 Å². The summed E-state index contributed by atoms with van der Waals surface area (Å²) in [6, 6.07) is -0.681. The number of aliphatic hydroxyl groups excluding tert-OH is 1. The molecule has 0 saturated carbocycles. The van der Waals surface area contributed by atoms with E-state index in [1.807, 2.05) is 13.8 Å². The normalized spacial score (nSPS) is 15.5. The lowest BCUT2D eigenvalue weighted by molar-refractivity contribution is -0.123. The van der Waals surface area contributed by atoms with Crippen molar-refractivity contribution in [2.45, 2.75) is 39.3 Å². The van der Waals surface area contributed by atoms with Crippen LogP contribution in [0.15, 0.2) is 0 Å². The summed E-state index contributed by atoms with van der Waals surface area (Å²) < 4.78 is 0. The largest absolute Gasteiger partial charge is 0.394 e. The Morgan fingerprint density at radius 1 is 1.46 bits per heavy atom. The minimum absolute atomic E-state index is 0.0554. The summed E-state index contributed by atoms with van der Waals surface area (Å²) in [6.45, 7) is 5.71. The van der Waals surface area contributed by atoms with Crippen LogP contribution in [0.5, 0.6) is 0 Å². The van der Waals surface area contributed by atoms with Crippen LogP contribution in [0.4, 0.5) is 0 Å². The van der Waals surface area contributed by atoms with E-state index in [1.165, 1.54) is 0 Å². The first-order valence-electron chi connectivity index (χ1n) is 4.64. The minimum Gasteiger partial charge on any atom is -0.394 e. The lowest BCUT2D eigenvalue weighted by Crippen LogP contribution is -2.46. The van der Waals surface area contributed by atoms with Gasteiger partial charge in [-0.05, 0) is 19.3 Å². The van der Waals surface area contributed by atoms with Crippen LogP contribution in [0.1, 0.15) is 27.2 Å². The third kappa shape index (κ3) is 5.60. The summed E-state index contributed by atoms with van der Waals surface area (Å²) in [5, 5.41) is 11.3. The van der Waals surface area contributed by atoms with Crippen molar-refractivity contribution in [3.63, 3.8) is 0 Å². The fourth-order valence-electron chi connectivity index (χ4n) is 1.01. The van der Waals surface area contributed by atoms with E-state index >= 15 is 0 Å². The predicted octanol–water partition coefficient (Wildman–Crippen LogP) is -0.143. The maximum Gasteiger partial charge on any atom is 0.237 e. The molecule has 4 N–H and O–H groups in total. The van der Waals surface area contributed by atoms with E-state index in [0.717, 1.165) is 0 Å². The zero-order valence-electron chi connectivity index (χ0n) is 8.58. The number of nitrogens with one attached hydrogen (secondary N) is 1. The van der Waals surface area contributed by atoms with Crippen LogP contribution >= 0.6 is 0 Å². The van der Waals surface area contributed by atoms with Gasteiger partial charge in [0, 0.05) is 6.04 Å². The Morgan fingerprint density at radius 3 is 2.38 bits per heavy atom. The van der Waals surface area contributed by atoms with Gasteiger partial charge in [0.25, 0.3) is 0 Å². The molecular weight excluding hydrogens is 168 g/mol. The van der Waals surface area contributed by atoms with Crippen molar-refractivity contribution < 1.29 is 9.90 Å². The number of carbonyl (C=O) groups excluding carboxylic acids is 1. The molecular formula is C9H20N2O2. The molecule has 4 nitrogen and oxygen atoms in total. The molecule has 2 atom stereocenters. The number of carbonyl (C=O) groups is 1. The average Bonchev–Trinajstić information content (AvgIpc) is 2.02. The summed E-state index contributed by atoms with van der Waals surface area (Å²) in [6.07, 6.45) is 0.671. The number of nitrogens with two attached hydrogens (primary N) is 1. The van der Waals surface area contributed by atoms with Crippen molar-refractivity contribution >= 4 is 5.91 Å². The Hall–Kier alpha value is -0.610. The van der Waals surface area contributed by atoms with Crippen LogP contribution in [0.2, 0.25) is 0 Å². The van der Waals surface area contributed by atoms with Gasteiger partial charge in [-0.15, -0.1) is 0 Å². The molecule has 0 aliphatic carbocycles. The first-order chi connectivity index (χ1) is 5.97. The highest BCUT2D eigenvalue weighted by Crippen LogP contribution is 2.02. The van der Waals surface area contributed by atoms with Crippen LogP contribution in [0, 0.1) is 5.92 Å². The molecule has 0 aromatic heterocycles. The van der Waals surface area contributed by atoms with Crippen molar-refractivity contribution in [2.75, 3.05) is 6.61 Å². The van der Waals surface area contributed by atoms with Crippen molar-refractivity contribution in [3.8, 4) is 0 Å². The SMILES string of the molecule is CC(C)C[C@@H](N)C(=O)N[C@@H](C)CO. The van der Waals surface area contributed by atoms with Gasteiger partial charge in [-0.1, -0.05) is 13.8 Å². The van der Waals surface area contributed by atoms with E-state index in [4.69, 9.17) is 10.8 Å². The summed E-state index contributed by atoms with van der Waals surface area (Å²) >= 11 is 0. The monoisotopic (exact) mass is 188 g/mol. The first kappa shape index (κ1) is 12.4. The van der Waals surface area contributed by atoms with E-state index in [0.29, 0.717) is 12.3 Å². The Labute approximate surface area is 79.5 Å². The molecule has 0 aromatic rings. The number of amides is 1. The second-order valence-electron chi connectivity index (χ2n) is 3.83. The zero-order valence-corrected chi connectivity index (χ0v) is 8.58.